The zero-order valence-corrected chi connectivity index (χ0v) is 13.5. The third-order valence-electron chi connectivity index (χ3n) is 3.49. The van der Waals surface area contributed by atoms with Crippen LogP contribution in [0.15, 0.2) is 53.1 Å². The molecular weight excluding hydrogens is 344 g/mol. The van der Waals surface area contributed by atoms with E-state index in [-0.39, 0.29) is 36.4 Å². The average molecular weight is 359 g/mol. The Labute approximate surface area is 147 Å². The molecule has 0 aliphatic heterocycles. The van der Waals surface area contributed by atoms with Crippen LogP contribution in [0.25, 0.3) is 11.5 Å². The predicted octanol–water partition coefficient (Wildman–Crippen LogP) is 3.09. The Morgan fingerprint density at radius 3 is 2.46 bits per heavy atom. The van der Waals surface area contributed by atoms with Gasteiger partial charge in [-0.2, -0.15) is 0 Å². The van der Waals surface area contributed by atoms with Crippen LogP contribution in [-0.2, 0) is 0 Å². The average Bonchev–Trinajstić information content (AvgIpc) is 3.08. The van der Waals surface area contributed by atoms with Crippen molar-refractivity contribution in [1.82, 2.24) is 10.3 Å². The second-order valence-corrected chi connectivity index (χ2v) is 5.31. The van der Waals surface area contributed by atoms with Crippen molar-refractivity contribution in [3.8, 4) is 11.5 Å². The van der Waals surface area contributed by atoms with Gasteiger partial charge in [0.05, 0.1) is 12.8 Å². The number of halogens is 2. The fourth-order valence-corrected chi connectivity index (χ4v) is 2.27. The lowest BCUT2D eigenvalue weighted by atomic mass is 10.2. The monoisotopic (exact) mass is 359 g/mol. The molecule has 0 spiro atoms. The number of anilines is 2. The number of aliphatic hydroxyl groups excluding tert-OH is 1. The fourth-order valence-electron chi connectivity index (χ4n) is 2.27. The van der Waals surface area contributed by atoms with Gasteiger partial charge < -0.3 is 20.2 Å². The molecule has 0 radical (unpaired) electrons. The van der Waals surface area contributed by atoms with Crippen LogP contribution in [0.1, 0.15) is 10.4 Å². The Kier molecular flexibility index (Phi) is 5.23. The zero-order valence-electron chi connectivity index (χ0n) is 13.5. The lowest BCUT2D eigenvalue weighted by Gasteiger charge is -2.05. The molecule has 0 aliphatic rings. The van der Waals surface area contributed by atoms with Crippen molar-refractivity contribution in [3.05, 3.63) is 65.9 Å². The number of hydrogen-bond acceptors (Lipinski definition) is 5. The molecule has 0 bridgehead atoms. The largest absolute Gasteiger partial charge is 0.420 e. The molecule has 134 valence electrons. The minimum absolute atomic E-state index is 0.137. The number of carbonyl (C=O) groups is 1. The third kappa shape index (κ3) is 3.86. The van der Waals surface area contributed by atoms with Crippen LogP contribution in [-0.4, -0.2) is 29.1 Å². The summed E-state index contributed by atoms with van der Waals surface area (Å²) in [5.41, 5.74) is 0.688. The van der Waals surface area contributed by atoms with Crippen LogP contribution in [0.4, 0.5) is 20.4 Å². The molecule has 0 atom stereocenters. The van der Waals surface area contributed by atoms with E-state index in [4.69, 9.17) is 9.52 Å². The fraction of sp³-hybridized carbons (Fsp3) is 0.111. The number of benzene rings is 2. The lowest BCUT2D eigenvalue weighted by Crippen LogP contribution is -2.26. The van der Waals surface area contributed by atoms with E-state index in [1.54, 1.807) is 24.3 Å². The van der Waals surface area contributed by atoms with Crippen LogP contribution in [0.3, 0.4) is 0 Å². The van der Waals surface area contributed by atoms with Gasteiger partial charge in [0.25, 0.3) is 5.91 Å². The van der Waals surface area contributed by atoms with E-state index in [0.717, 1.165) is 12.1 Å². The van der Waals surface area contributed by atoms with Gasteiger partial charge in [0.2, 0.25) is 11.8 Å². The first-order chi connectivity index (χ1) is 12.6. The number of nitrogens with zero attached hydrogens (tertiary/aromatic N) is 1. The topological polar surface area (TPSA) is 87.4 Å². The van der Waals surface area contributed by atoms with E-state index in [9.17, 15) is 13.6 Å². The summed E-state index contributed by atoms with van der Waals surface area (Å²) < 4.78 is 32.9. The van der Waals surface area contributed by atoms with Crippen LogP contribution < -0.4 is 10.6 Å². The van der Waals surface area contributed by atoms with Crippen LogP contribution >= 0.6 is 0 Å². The molecule has 0 fully saturated rings. The van der Waals surface area contributed by atoms with Crippen molar-refractivity contribution in [3.63, 3.8) is 0 Å². The maximum Gasteiger partial charge on any atom is 0.251 e. The number of oxazole rings is 1. The first-order valence-corrected chi connectivity index (χ1v) is 7.75. The summed E-state index contributed by atoms with van der Waals surface area (Å²) in [6.45, 7) is 0.0358. The molecule has 8 heteroatoms. The normalized spacial score (nSPS) is 10.6. The smallest absolute Gasteiger partial charge is 0.251 e. The molecule has 1 aromatic heterocycles. The molecule has 26 heavy (non-hydrogen) atoms. The van der Waals surface area contributed by atoms with Gasteiger partial charge in [-0.1, -0.05) is 6.07 Å². The highest BCUT2D eigenvalue weighted by molar-refractivity contribution is 5.94. The molecular formula is C18H15F2N3O3. The summed E-state index contributed by atoms with van der Waals surface area (Å²) in [5, 5.41) is 14.1. The zero-order chi connectivity index (χ0) is 18.5. The second-order valence-electron chi connectivity index (χ2n) is 5.31. The van der Waals surface area contributed by atoms with Crippen molar-refractivity contribution in [2.45, 2.75) is 0 Å². The van der Waals surface area contributed by atoms with Crippen molar-refractivity contribution in [1.29, 1.82) is 0 Å². The van der Waals surface area contributed by atoms with Crippen molar-refractivity contribution < 1.29 is 23.1 Å². The summed E-state index contributed by atoms with van der Waals surface area (Å²) in [4.78, 5) is 15.6. The minimum atomic E-state index is -0.767. The molecule has 6 nitrogen and oxygen atoms in total. The molecule has 3 N–H and O–H groups in total. The van der Waals surface area contributed by atoms with E-state index in [1.165, 1.54) is 12.3 Å². The van der Waals surface area contributed by atoms with Gasteiger partial charge in [-0.15, -0.1) is 0 Å². The van der Waals surface area contributed by atoms with E-state index in [1.807, 2.05) is 0 Å². The highest BCUT2D eigenvalue weighted by Gasteiger charge is 2.16. The number of nitrogens with one attached hydrogen (secondary N) is 2. The maximum atomic E-state index is 13.8. The number of hydrogen-bond donors (Lipinski definition) is 3. The maximum absolute atomic E-state index is 13.8. The molecule has 2 aromatic carbocycles. The standard InChI is InChI=1S/C18H15F2N3O3/c19-13-2-1-3-14(20)16(13)18-22-10-15(26-18)23-12-6-4-11(5-7-12)17(25)21-8-9-24/h1-7,10,23-24H,8-9H2,(H,21,25). The molecule has 1 heterocycles. The molecule has 1 amide bonds. The summed E-state index contributed by atoms with van der Waals surface area (Å²) in [6, 6.07) is 9.95. The van der Waals surface area contributed by atoms with Gasteiger partial charge in [-0.25, -0.2) is 13.8 Å². The third-order valence-corrected chi connectivity index (χ3v) is 3.49. The number of rotatable bonds is 6. The van der Waals surface area contributed by atoms with Gasteiger partial charge >= 0.3 is 0 Å². The van der Waals surface area contributed by atoms with E-state index < -0.39 is 11.6 Å². The predicted molar refractivity (Wildman–Crippen MR) is 91.0 cm³/mol. The Morgan fingerprint density at radius 2 is 1.81 bits per heavy atom. The van der Waals surface area contributed by atoms with Crippen molar-refractivity contribution in [2.24, 2.45) is 0 Å². The second kappa shape index (κ2) is 7.75. The van der Waals surface area contributed by atoms with E-state index >= 15 is 0 Å². The summed E-state index contributed by atoms with van der Waals surface area (Å²) in [7, 11) is 0. The Morgan fingerprint density at radius 1 is 1.12 bits per heavy atom. The molecule has 0 aliphatic carbocycles. The van der Waals surface area contributed by atoms with Gasteiger partial charge in [0.15, 0.2) is 0 Å². The SMILES string of the molecule is O=C(NCCO)c1ccc(Nc2cnc(-c3c(F)cccc3F)o2)cc1. The molecule has 0 saturated heterocycles. The number of amides is 1. The van der Waals surface area contributed by atoms with Crippen molar-refractivity contribution >= 4 is 17.5 Å². The van der Waals surface area contributed by atoms with Gasteiger partial charge in [-0.05, 0) is 36.4 Å². The minimum Gasteiger partial charge on any atom is -0.420 e. The summed E-state index contributed by atoms with van der Waals surface area (Å²) in [6.07, 6.45) is 1.31. The molecule has 3 aromatic rings. The molecule has 0 unspecified atom stereocenters. The van der Waals surface area contributed by atoms with E-state index in [0.29, 0.717) is 11.3 Å². The lowest BCUT2D eigenvalue weighted by molar-refractivity contribution is 0.0945. The van der Waals surface area contributed by atoms with Crippen LogP contribution in [0.5, 0.6) is 0 Å². The Bertz CT molecular complexity index is 890. The Hall–Kier alpha value is -3.26. The summed E-state index contributed by atoms with van der Waals surface area (Å²) in [5.74, 6) is -1.82. The van der Waals surface area contributed by atoms with Gasteiger partial charge in [0, 0.05) is 17.8 Å². The quantitative estimate of drug-likeness (QED) is 0.630. The number of carbonyl (C=O) groups excluding carboxylic acids is 1. The molecule has 0 saturated carbocycles. The number of aliphatic hydroxyl groups is 1. The highest BCUT2D eigenvalue weighted by Crippen LogP contribution is 2.28. The van der Waals surface area contributed by atoms with Gasteiger partial charge in [-0.3, -0.25) is 4.79 Å². The molecule has 3 rings (SSSR count). The van der Waals surface area contributed by atoms with Gasteiger partial charge in [0.1, 0.15) is 17.2 Å². The summed E-state index contributed by atoms with van der Waals surface area (Å²) >= 11 is 0. The van der Waals surface area contributed by atoms with E-state index in [2.05, 4.69) is 15.6 Å². The van der Waals surface area contributed by atoms with Crippen molar-refractivity contribution in [2.75, 3.05) is 18.5 Å². The first-order valence-electron chi connectivity index (χ1n) is 7.75. The first kappa shape index (κ1) is 17.6. The van der Waals surface area contributed by atoms with Crippen LogP contribution in [0, 0.1) is 11.6 Å². The number of aromatic nitrogens is 1. The Balaban J connectivity index is 1.72. The van der Waals surface area contributed by atoms with Crippen LogP contribution in [0.2, 0.25) is 0 Å². The highest BCUT2D eigenvalue weighted by atomic mass is 19.1.